The minimum atomic E-state index is -0.496. The Bertz CT molecular complexity index is 419. The van der Waals surface area contributed by atoms with E-state index in [1.54, 1.807) is 6.07 Å². The molecule has 7 heteroatoms. The molecule has 0 unspecified atom stereocenters. The van der Waals surface area contributed by atoms with Gasteiger partial charge in [0.25, 0.3) is 5.69 Å². The van der Waals surface area contributed by atoms with Gasteiger partial charge in [-0.05, 0) is 18.9 Å². The Hall–Kier alpha value is -2.18. The second-order valence-electron chi connectivity index (χ2n) is 3.91. The molecule has 0 amide bonds. The van der Waals surface area contributed by atoms with E-state index in [4.69, 9.17) is 4.74 Å². The van der Waals surface area contributed by atoms with E-state index in [-0.39, 0.29) is 11.7 Å². The standard InChI is InChI=1S/C12H17N3O4/c1-2-4-12(16)19-8-3-7-13-11-6-5-10(9-14-11)15(17)18/h5-6,9H,2-4,7-8H2,1H3,(H,13,14). The van der Waals surface area contributed by atoms with Crippen LogP contribution in [0.25, 0.3) is 0 Å². The number of rotatable bonds is 8. The highest BCUT2D eigenvalue weighted by Crippen LogP contribution is 2.11. The third kappa shape index (κ3) is 5.80. The maximum atomic E-state index is 11.1. The number of hydrogen-bond acceptors (Lipinski definition) is 6. The van der Waals surface area contributed by atoms with Crippen molar-refractivity contribution in [3.8, 4) is 0 Å². The van der Waals surface area contributed by atoms with Crippen molar-refractivity contribution in [3.05, 3.63) is 28.4 Å². The third-order valence-electron chi connectivity index (χ3n) is 2.30. The fraction of sp³-hybridized carbons (Fsp3) is 0.500. The van der Waals surface area contributed by atoms with Crippen molar-refractivity contribution in [2.45, 2.75) is 26.2 Å². The lowest BCUT2D eigenvalue weighted by molar-refractivity contribution is -0.385. The van der Waals surface area contributed by atoms with Crippen LogP contribution in [0, 0.1) is 10.1 Å². The first-order valence-electron chi connectivity index (χ1n) is 6.13. The van der Waals surface area contributed by atoms with E-state index in [1.165, 1.54) is 12.3 Å². The molecule has 0 bridgehead atoms. The molecule has 0 fully saturated rings. The first-order chi connectivity index (χ1) is 9.13. The van der Waals surface area contributed by atoms with Crippen LogP contribution < -0.4 is 5.32 Å². The van der Waals surface area contributed by atoms with E-state index in [0.29, 0.717) is 31.8 Å². The minimum Gasteiger partial charge on any atom is -0.466 e. The maximum absolute atomic E-state index is 11.1. The summed E-state index contributed by atoms with van der Waals surface area (Å²) < 4.78 is 4.98. The molecule has 0 saturated carbocycles. The summed E-state index contributed by atoms with van der Waals surface area (Å²) >= 11 is 0. The van der Waals surface area contributed by atoms with Crippen LogP contribution in [0.5, 0.6) is 0 Å². The molecular weight excluding hydrogens is 250 g/mol. The zero-order valence-electron chi connectivity index (χ0n) is 10.8. The van der Waals surface area contributed by atoms with E-state index in [1.807, 2.05) is 6.92 Å². The number of carbonyl (C=O) groups excluding carboxylic acids is 1. The van der Waals surface area contributed by atoms with Crippen LogP contribution in [0.4, 0.5) is 11.5 Å². The molecule has 1 aromatic heterocycles. The molecule has 0 spiro atoms. The predicted octanol–water partition coefficient (Wildman–Crippen LogP) is 2.14. The van der Waals surface area contributed by atoms with Crippen LogP contribution in [0.3, 0.4) is 0 Å². The molecule has 0 aliphatic carbocycles. The second-order valence-corrected chi connectivity index (χ2v) is 3.91. The Morgan fingerprint density at radius 2 is 2.32 bits per heavy atom. The largest absolute Gasteiger partial charge is 0.466 e. The highest BCUT2D eigenvalue weighted by atomic mass is 16.6. The van der Waals surface area contributed by atoms with Gasteiger partial charge in [0.1, 0.15) is 12.0 Å². The lowest BCUT2D eigenvalue weighted by Crippen LogP contribution is -2.10. The van der Waals surface area contributed by atoms with E-state index >= 15 is 0 Å². The summed E-state index contributed by atoms with van der Waals surface area (Å²) in [4.78, 5) is 24.9. The Morgan fingerprint density at radius 3 is 2.89 bits per heavy atom. The van der Waals surface area contributed by atoms with Gasteiger partial charge in [-0.2, -0.15) is 0 Å². The summed E-state index contributed by atoms with van der Waals surface area (Å²) in [7, 11) is 0. The molecule has 1 heterocycles. The number of nitrogens with zero attached hydrogens (tertiary/aromatic N) is 2. The lowest BCUT2D eigenvalue weighted by atomic mass is 10.3. The Kier molecular flexibility index (Phi) is 6.28. The van der Waals surface area contributed by atoms with Crippen LogP contribution in [-0.2, 0) is 9.53 Å². The summed E-state index contributed by atoms with van der Waals surface area (Å²) in [5.74, 6) is 0.376. The number of nitro groups is 1. The van der Waals surface area contributed by atoms with Gasteiger partial charge in [0.05, 0.1) is 11.5 Å². The molecule has 0 radical (unpaired) electrons. The van der Waals surface area contributed by atoms with E-state index < -0.39 is 4.92 Å². The van der Waals surface area contributed by atoms with Gasteiger partial charge < -0.3 is 10.1 Å². The smallest absolute Gasteiger partial charge is 0.305 e. The number of anilines is 1. The lowest BCUT2D eigenvalue weighted by Gasteiger charge is -2.06. The molecule has 0 aliphatic rings. The normalized spacial score (nSPS) is 9.95. The molecular formula is C12H17N3O4. The highest BCUT2D eigenvalue weighted by Gasteiger charge is 2.04. The molecule has 0 aliphatic heterocycles. The summed E-state index contributed by atoms with van der Waals surface area (Å²) in [6.07, 6.45) is 3.08. The molecule has 1 N–H and O–H groups in total. The number of carbonyl (C=O) groups is 1. The Balaban J connectivity index is 2.19. The van der Waals surface area contributed by atoms with E-state index in [9.17, 15) is 14.9 Å². The average Bonchev–Trinajstić information content (AvgIpc) is 2.39. The van der Waals surface area contributed by atoms with Crippen molar-refractivity contribution >= 4 is 17.5 Å². The SMILES string of the molecule is CCCC(=O)OCCCNc1ccc([N+](=O)[O-])cn1. The van der Waals surface area contributed by atoms with Crippen molar-refractivity contribution in [1.29, 1.82) is 0 Å². The van der Waals surface area contributed by atoms with Crippen LogP contribution in [0.2, 0.25) is 0 Å². The average molecular weight is 267 g/mol. The molecule has 0 saturated heterocycles. The Morgan fingerprint density at radius 1 is 1.53 bits per heavy atom. The van der Waals surface area contributed by atoms with Gasteiger partial charge in [-0.1, -0.05) is 6.92 Å². The van der Waals surface area contributed by atoms with Crippen molar-refractivity contribution in [2.75, 3.05) is 18.5 Å². The van der Waals surface area contributed by atoms with Gasteiger partial charge in [-0.25, -0.2) is 4.98 Å². The highest BCUT2D eigenvalue weighted by molar-refractivity contribution is 5.69. The number of esters is 1. The fourth-order valence-electron chi connectivity index (χ4n) is 1.35. The second kappa shape index (κ2) is 8.02. The van der Waals surface area contributed by atoms with Gasteiger partial charge in [-0.3, -0.25) is 14.9 Å². The zero-order valence-corrected chi connectivity index (χ0v) is 10.8. The van der Waals surface area contributed by atoms with Gasteiger partial charge in [0.2, 0.25) is 0 Å². The number of pyridine rings is 1. The van der Waals surface area contributed by atoms with E-state index in [0.717, 1.165) is 6.42 Å². The van der Waals surface area contributed by atoms with Gasteiger partial charge in [0.15, 0.2) is 0 Å². The summed E-state index contributed by atoms with van der Waals surface area (Å²) in [6, 6.07) is 2.93. The molecule has 1 rings (SSSR count). The third-order valence-corrected chi connectivity index (χ3v) is 2.30. The summed E-state index contributed by atoms with van der Waals surface area (Å²) in [6.45, 7) is 2.87. The monoisotopic (exact) mass is 267 g/mol. The number of ether oxygens (including phenoxy) is 1. The van der Waals surface area contributed by atoms with Gasteiger partial charge in [0, 0.05) is 19.0 Å². The molecule has 1 aromatic rings. The van der Waals surface area contributed by atoms with Crippen LogP contribution >= 0.6 is 0 Å². The summed E-state index contributed by atoms with van der Waals surface area (Å²) in [5, 5.41) is 13.4. The quantitative estimate of drug-likeness (QED) is 0.335. The van der Waals surface area contributed by atoms with E-state index in [2.05, 4.69) is 10.3 Å². The number of nitrogens with one attached hydrogen (secondary N) is 1. The van der Waals surface area contributed by atoms with Crippen molar-refractivity contribution in [3.63, 3.8) is 0 Å². The molecule has 7 nitrogen and oxygen atoms in total. The van der Waals surface area contributed by atoms with Crippen LogP contribution in [0.1, 0.15) is 26.2 Å². The van der Waals surface area contributed by atoms with Crippen molar-refractivity contribution < 1.29 is 14.5 Å². The first-order valence-corrected chi connectivity index (χ1v) is 6.13. The van der Waals surface area contributed by atoms with Gasteiger partial charge >= 0.3 is 5.97 Å². The Labute approximate surface area is 111 Å². The first kappa shape index (κ1) is 14.9. The van der Waals surface area contributed by atoms with Crippen molar-refractivity contribution in [2.24, 2.45) is 0 Å². The zero-order chi connectivity index (χ0) is 14.1. The molecule has 0 aromatic carbocycles. The number of aromatic nitrogens is 1. The van der Waals surface area contributed by atoms with Gasteiger partial charge in [-0.15, -0.1) is 0 Å². The fourth-order valence-corrected chi connectivity index (χ4v) is 1.35. The van der Waals surface area contributed by atoms with Crippen molar-refractivity contribution in [1.82, 2.24) is 4.98 Å². The molecule has 0 atom stereocenters. The van der Waals surface area contributed by atoms with Crippen LogP contribution in [0.15, 0.2) is 18.3 Å². The minimum absolute atomic E-state index is 0.0426. The summed E-state index contributed by atoms with van der Waals surface area (Å²) in [5.41, 5.74) is -0.0426. The number of hydrogen-bond donors (Lipinski definition) is 1. The molecule has 104 valence electrons. The molecule has 19 heavy (non-hydrogen) atoms. The van der Waals surface area contributed by atoms with Crippen LogP contribution in [-0.4, -0.2) is 29.0 Å². The maximum Gasteiger partial charge on any atom is 0.305 e. The predicted molar refractivity (Wildman–Crippen MR) is 69.9 cm³/mol. The topological polar surface area (TPSA) is 94.4 Å².